The Morgan fingerprint density at radius 3 is 2.74 bits per heavy atom. The van der Waals surface area contributed by atoms with Crippen LogP contribution in [0.15, 0.2) is 18.2 Å². The van der Waals surface area contributed by atoms with E-state index in [4.69, 9.17) is 5.73 Å². The van der Waals surface area contributed by atoms with E-state index in [-0.39, 0.29) is 5.69 Å². The van der Waals surface area contributed by atoms with E-state index in [9.17, 15) is 13.2 Å². The van der Waals surface area contributed by atoms with Crippen molar-refractivity contribution in [3.8, 4) is 0 Å². The number of para-hydroxylation sites is 1. The molecule has 0 aromatic heterocycles. The van der Waals surface area contributed by atoms with Gasteiger partial charge in [0.1, 0.15) is 0 Å². The van der Waals surface area contributed by atoms with Crippen LogP contribution in [0, 0.1) is 5.92 Å². The molecule has 1 aliphatic heterocycles. The highest BCUT2D eigenvalue weighted by Gasteiger charge is 2.33. The number of piperidine rings is 1. The van der Waals surface area contributed by atoms with Gasteiger partial charge in [-0.15, -0.1) is 0 Å². The zero-order valence-corrected chi connectivity index (χ0v) is 11.0. The van der Waals surface area contributed by atoms with E-state index in [0.29, 0.717) is 17.9 Å². The van der Waals surface area contributed by atoms with Crippen LogP contribution in [0.2, 0.25) is 0 Å². The summed E-state index contributed by atoms with van der Waals surface area (Å²) in [6.07, 6.45) is -1.59. The highest BCUT2D eigenvalue weighted by Crippen LogP contribution is 2.36. The molecule has 5 heteroatoms. The first kappa shape index (κ1) is 14.2. The topological polar surface area (TPSA) is 29.3 Å². The molecular weight excluding hydrogens is 253 g/mol. The third-order valence-electron chi connectivity index (χ3n) is 3.73. The van der Waals surface area contributed by atoms with E-state index < -0.39 is 11.7 Å². The molecule has 2 rings (SSSR count). The van der Waals surface area contributed by atoms with E-state index in [2.05, 4.69) is 4.90 Å². The van der Waals surface area contributed by atoms with Crippen LogP contribution in [0.4, 0.5) is 18.9 Å². The van der Waals surface area contributed by atoms with Crippen LogP contribution in [0.5, 0.6) is 0 Å². The molecule has 2 N–H and O–H groups in total. The van der Waals surface area contributed by atoms with Crippen molar-refractivity contribution >= 4 is 5.69 Å². The fourth-order valence-corrected chi connectivity index (χ4v) is 2.79. The molecule has 2 nitrogen and oxygen atoms in total. The molecular formula is C14H19F3N2. The molecule has 1 atom stereocenters. The third-order valence-corrected chi connectivity index (χ3v) is 3.73. The van der Waals surface area contributed by atoms with Crippen molar-refractivity contribution in [2.75, 3.05) is 25.9 Å². The van der Waals surface area contributed by atoms with Crippen LogP contribution in [0.3, 0.4) is 0 Å². The minimum atomic E-state index is -4.37. The van der Waals surface area contributed by atoms with E-state index in [0.717, 1.165) is 32.0 Å². The van der Waals surface area contributed by atoms with Gasteiger partial charge >= 0.3 is 6.18 Å². The summed E-state index contributed by atoms with van der Waals surface area (Å²) in [7, 11) is 2.04. The maximum Gasteiger partial charge on any atom is 0.418 e. The number of halogens is 3. The van der Waals surface area contributed by atoms with Gasteiger partial charge in [0.15, 0.2) is 0 Å². The summed E-state index contributed by atoms with van der Waals surface area (Å²) in [5, 5.41) is 0. The van der Waals surface area contributed by atoms with Crippen molar-refractivity contribution in [3.63, 3.8) is 0 Å². The molecule has 0 aliphatic carbocycles. The summed E-state index contributed by atoms with van der Waals surface area (Å²) < 4.78 is 38.3. The molecule has 19 heavy (non-hydrogen) atoms. The zero-order valence-electron chi connectivity index (χ0n) is 11.0. The number of benzene rings is 1. The zero-order chi connectivity index (χ0) is 14.0. The quantitative estimate of drug-likeness (QED) is 0.838. The van der Waals surface area contributed by atoms with Crippen molar-refractivity contribution < 1.29 is 13.2 Å². The second-order valence-corrected chi connectivity index (χ2v) is 5.35. The number of hydrogen-bond donors (Lipinski definition) is 1. The maximum absolute atomic E-state index is 12.8. The van der Waals surface area contributed by atoms with Gasteiger partial charge in [0.2, 0.25) is 0 Å². The van der Waals surface area contributed by atoms with E-state index in [1.54, 1.807) is 6.07 Å². The number of rotatable bonds is 2. The summed E-state index contributed by atoms with van der Waals surface area (Å²) in [5.74, 6) is 0.393. The molecule has 1 aliphatic rings. The number of nitrogen functional groups attached to an aromatic ring is 1. The Morgan fingerprint density at radius 2 is 2.11 bits per heavy atom. The first-order valence-corrected chi connectivity index (χ1v) is 6.51. The fraction of sp³-hybridized carbons (Fsp3) is 0.571. The highest BCUT2D eigenvalue weighted by molar-refractivity contribution is 5.55. The lowest BCUT2D eigenvalue weighted by atomic mass is 9.90. The summed E-state index contributed by atoms with van der Waals surface area (Å²) in [6, 6.07) is 4.20. The van der Waals surface area contributed by atoms with Gasteiger partial charge in [-0.05, 0) is 50.4 Å². The Morgan fingerprint density at radius 1 is 1.37 bits per heavy atom. The predicted octanol–water partition coefficient (Wildman–Crippen LogP) is 3.17. The van der Waals surface area contributed by atoms with Gasteiger partial charge in [-0.2, -0.15) is 13.2 Å². The minimum absolute atomic E-state index is 0.108. The molecule has 0 saturated carbocycles. The molecule has 1 fully saturated rings. The van der Waals surface area contributed by atoms with Gasteiger partial charge in [-0.25, -0.2) is 0 Å². The van der Waals surface area contributed by atoms with Gasteiger partial charge in [0, 0.05) is 12.2 Å². The largest absolute Gasteiger partial charge is 0.418 e. The van der Waals surface area contributed by atoms with E-state index in [1.807, 2.05) is 7.05 Å². The van der Waals surface area contributed by atoms with Gasteiger partial charge < -0.3 is 10.6 Å². The molecule has 0 spiro atoms. The molecule has 1 aromatic carbocycles. The van der Waals surface area contributed by atoms with Crippen molar-refractivity contribution in [2.24, 2.45) is 5.92 Å². The molecule has 1 saturated heterocycles. The van der Waals surface area contributed by atoms with Crippen LogP contribution in [-0.2, 0) is 12.6 Å². The minimum Gasteiger partial charge on any atom is -0.398 e. The Balaban J connectivity index is 2.17. The number of anilines is 1. The van der Waals surface area contributed by atoms with Crippen LogP contribution in [0.25, 0.3) is 0 Å². The lowest BCUT2D eigenvalue weighted by Gasteiger charge is -2.30. The third kappa shape index (κ3) is 3.41. The van der Waals surface area contributed by atoms with Gasteiger partial charge in [0.25, 0.3) is 0 Å². The van der Waals surface area contributed by atoms with Gasteiger partial charge in [-0.1, -0.05) is 12.1 Å². The normalized spacial score (nSPS) is 21.6. The van der Waals surface area contributed by atoms with Gasteiger partial charge in [0.05, 0.1) is 5.56 Å². The summed E-state index contributed by atoms with van der Waals surface area (Å²) in [6.45, 7) is 1.99. The Bertz CT molecular complexity index is 443. The van der Waals surface area contributed by atoms with E-state index >= 15 is 0 Å². The average Bonchev–Trinajstić information content (AvgIpc) is 2.30. The molecule has 0 radical (unpaired) electrons. The Labute approximate surface area is 111 Å². The van der Waals surface area contributed by atoms with E-state index in [1.165, 1.54) is 6.07 Å². The predicted molar refractivity (Wildman–Crippen MR) is 69.8 cm³/mol. The molecule has 0 bridgehead atoms. The second-order valence-electron chi connectivity index (χ2n) is 5.35. The smallest absolute Gasteiger partial charge is 0.398 e. The van der Waals surface area contributed by atoms with Crippen molar-refractivity contribution in [2.45, 2.75) is 25.4 Å². The Hall–Kier alpha value is -1.23. The first-order chi connectivity index (χ1) is 8.88. The van der Waals surface area contributed by atoms with Crippen molar-refractivity contribution in [1.29, 1.82) is 0 Å². The van der Waals surface area contributed by atoms with Crippen molar-refractivity contribution in [1.82, 2.24) is 4.90 Å². The van der Waals surface area contributed by atoms with Crippen LogP contribution in [-0.4, -0.2) is 25.0 Å². The summed E-state index contributed by atoms with van der Waals surface area (Å²) >= 11 is 0. The monoisotopic (exact) mass is 272 g/mol. The number of nitrogens with two attached hydrogens (primary N) is 1. The standard InChI is InChI=1S/C14H19F3N2/c1-19-7-3-4-10(9-19)8-11-5-2-6-12(13(11)18)14(15,16)17/h2,5-6,10H,3-4,7-9,18H2,1H3. The second kappa shape index (κ2) is 5.41. The van der Waals surface area contributed by atoms with Crippen LogP contribution < -0.4 is 5.73 Å². The van der Waals surface area contributed by atoms with Crippen LogP contribution in [0.1, 0.15) is 24.0 Å². The molecule has 106 valence electrons. The average molecular weight is 272 g/mol. The van der Waals surface area contributed by atoms with Crippen LogP contribution >= 0.6 is 0 Å². The molecule has 1 heterocycles. The number of likely N-dealkylation sites (tertiary alicyclic amines) is 1. The lowest BCUT2D eigenvalue weighted by molar-refractivity contribution is -0.136. The highest BCUT2D eigenvalue weighted by atomic mass is 19.4. The Kier molecular flexibility index (Phi) is 4.04. The molecule has 1 aromatic rings. The summed E-state index contributed by atoms with van der Waals surface area (Å²) in [4.78, 5) is 2.22. The first-order valence-electron chi connectivity index (χ1n) is 6.51. The number of alkyl halides is 3. The van der Waals surface area contributed by atoms with Gasteiger partial charge in [-0.3, -0.25) is 0 Å². The maximum atomic E-state index is 12.8. The summed E-state index contributed by atoms with van der Waals surface area (Å²) in [5.41, 5.74) is 5.49. The lowest BCUT2D eigenvalue weighted by Crippen LogP contribution is -2.33. The number of nitrogens with zero attached hydrogens (tertiary/aromatic N) is 1. The fourth-order valence-electron chi connectivity index (χ4n) is 2.79. The number of hydrogen-bond acceptors (Lipinski definition) is 2. The SMILES string of the molecule is CN1CCCC(Cc2cccc(C(F)(F)F)c2N)C1. The van der Waals surface area contributed by atoms with Crippen molar-refractivity contribution in [3.05, 3.63) is 29.3 Å². The molecule has 0 amide bonds. The molecule has 1 unspecified atom stereocenters.